The zero-order valence-corrected chi connectivity index (χ0v) is 14.3. The van der Waals surface area contributed by atoms with Gasteiger partial charge in [0.25, 0.3) is 11.6 Å². The maximum absolute atomic E-state index is 12.9. The van der Waals surface area contributed by atoms with Gasteiger partial charge >= 0.3 is 12.1 Å². The second-order valence-electron chi connectivity index (χ2n) is 5.20. The summed E-state index contributed by atoms with van der Waals surface area (Å²) in [6, 6.07) is 3.34. The van der Waals surface area contributed by atoms with Gasteiger partial charge in [-0.05, 0) is 6.07 Å². The Morgan fingerprint density at radius 3 is 2.67 bits per heavy atom. The summed E-state index contributed by atoms with van der Waals surface area (Å²) in [6.45, 7) is -0.109. The van der Waals surface area contributed by atoms with Crippen molar-refractivity contribution in [1.29, 1.82) is 0 Å². The second-order valence-corrected chi connectivity index (χ2v) is 5.58. The van der Waals surface area contributed by atoms with Crippen LogP contribution in [-0.4, -0.2) is 32.3 Å². The van der Waals surface area contributed by atoms with Crippen LogP contribution in [0.15, 0.2) is 18.2 Å². The van der Waals surface area contributed by atoms with E-state index in [9.17, 15) is 28.1 Å². The largest absolute Gasteiger partial charge is 0.481 e. The molecule has 2 rings (SSSR count). The molecule has 0 amide bonds. The lowest BCUT2D eigenvalue weighted by molar-refractivity contribution is -0.384. The predicted octanol–water partition coefficient (Wildman–Crippen LogP) is 3.68. The van der Waals surface area contributed by atoms with Crippen molar-refractivity contribution in [2.45, 2.75) is 12.6 Å². The molecule has 1 aromatic heterocycles. The molecule has 1 heterocycles. The highest BCUT2D eigenvalue weighted by Gasteiger charge is 2.39. The highest BCUT2D eigenvalue weighted by molar-refractivity contribution is 6.32. The number of anilines is 1. The lowest BCUT2D eigenvalue weighted by Gasteiger charge is -2.09. The summed E-state index contributed by atoms with van der Waals surface area (Å²) in [5, 5.41) is 25.0. The summed E-state index contributed by atoms with van der Waals surface area (Å²) < 4.78 is 44.5. The standard InChI is InChI=1S/C14H12ClF3N4O5/c1-21-12(14(16,17)18)11(15)13(20-21)27-7-2-3-9(22(25)26)8(6-7)19-5-4-10(23)24/h2-3,6,19H,4-5H2,1H3,(H,23,24). The molecule has 9 nitrogen and oxygen atoms in total. The fraction of sp³-hybridized carbons (Fsp3) is 0.286. The lowest BCUT2D eigenvalue weighted by Crippen LogP contribution is -2.12. The molecule has 1 aromatic carbocycles. The smallest absolute Gasteiger partial charge is 0.434 e. The molecule has 0 unspecified atom stereocenters. The zero-order chi connectivity index (χ0) is 20.4. The van der Waals surface area contributed by atoms with Crippen LogP contribution in [0.4, 0.5) is 24.5 Å². The Labute approximate surface area is 154 Å². The Bertz CT molecular complexity index is 884. The van der Waals surface area contributed by atoms with Gasteiger partial charge in [-0.2, -0.15) is 13.2 Å². The number of rotatable bonds is 7. The third-order valence-electron chi connectivity index (χ3n) is 3.26. The Hall–Kier alpha value is -3.02. The molecular formula is C14H12ClF3N4O5. The fourth-order valence-corrected chi connectivity index (χ4v) is 2.45. The normalized spacial score (nSPS) is 11.3. The molecule has 0 aliphatic carbocycles. The number of carbonyl (C=O) groups is 1. The first-order chi connectivity index (χ1) is 12.5. The van der Waals surface area contributed by atoms with Gasteiger partial charge in [-0.15, -0.1) is 5.10 Å². The maximum Gasteiger partial charge on any atom is 0.434 e. The molecule has 146 valence electrons. The zero-order valence-electron chi connectivity index (χ0n) is 13.6. The van der Waals surface area contributed by atoms with Crippen LogP contribution >= 0.6 is 11.6 Å². The molecule has 0 bridgehead atoms. The van der Waals surface area contributed by atoms with Crippen molar-refractivity contribution >= 4 is 28.9 Å². The minimum atomic E-state index is -4.75. The first kappa shape index (κ1) is 20.3. The van der Waals surface area contributed by atoms with Crippen molar-refractivity contribution < 1.29 is 32.7 Å². The Balaban J connectivity index is 2.32. The molecule has 0 fully saturated rings. The number of hydrogen-bond donors (Lipinski definition) is 2. The van der Waals surface area contributed by atoms with Crippen LogP contribution in [0.25, 0.3) is 0 Å². The van der Waals surface area contributed by atoms with E-state index in [1.165, 1.54) is 0 Å². The monoisotopic (exact) mass is 408 g/mol. The van der Waals surface area contributed by atoms with Gasteiger partial charge < -0.3 is 15.2 Å². The fourth-order valence-electron chi connectivity index (χ4n) is 2.14. The van der Waals surface area contributed by atoms with Crippen LogP contribution in [0, 0.1) is 10.1 Å². The topological polar surface area (TPSA) is 120 Å². The van der Waals surface area contributed by atoms with Gasteiger partial charge in [0.2, 0.25) is 0 Å². The minimum Gasteiger partial charge on any atom is -0.481 e. The molecular weight excluding hydrogens is 397 g/mol. The van der Waals surface area contributed by atoms with Crippen LogP contribution in [0.5, 0.6) is 11.6 Å². The van der Waals surface area contributed by atoms with E-state index in [1.807, 2.05) is 0 Å². The highest BCUT2D eigenvalue weighted by atomic mass is 35.5. The summed E-state index contributed by atoms with van der Waals surface area (Å²) in [5.74, 6) is -1.72. The maximum atomic E-state index is 12.9. The van der Waals surface area contributed by atoms with Crippen LogP contribution in [0.2, 0.25) is 5.02 Å². The molecule has 0 saturated carbocycles. The van der Waals surface area contributed by atoms with E-state index in [0.29, 0.717) is 4.68 Å². The number of hydrogen-bond acceptors (Lipinski definition) is 6. The number of aromatic nitrogens is 2. The van der Waals surface area contributed by atoms with Crippen molar-refractivity contribution in [1.82, 2.24) is 9.78 Å². The first-order valence-corrected chi connectivity index (χ1v) is 7.60. The molecule has 0 spiro atoms. The third-order valence-corrected chi connectivity index (χ3v) is 3.60. The second kappa shape index (κ2) is 7.70. The Kier molecular flexibility index (Phi) is 5.78. The number of carboxylic acid groups (broad SMARTS) is 1. The van der Waals surface area contributed by atoms with Crippen molar-refractivity contribution in [2.24, 2.45) is 7.05 Å². The summed E-state index contributed by atoms with van der Waals surface area (Å²) in [7, 11) is 1.04. The molecule has 2 N–H and O–H groups in total. The minimum absolute atomic E-state index is 0.0677. The Morgan fingerprint density at radius 2 is 2.15 bits per heavy atom. The van der Waals surface area contributed by atoms with E-state index in [1.54, 1.807) is 0 Å². The number of nitro benzene ring substituents is 1. The van der Waals surface area contributed by atoms with E-state index >= 15 is 0 Å². The van der Waals surface area contributed by atoms with Crippen molar-refractivity contribution in [2.75, 3.05) is 11.9 Å². The van der Waals surface area contributed by atoms with Crippen LogP contribution in [0.1, 0.15) is 12.1 Å². The summed E-state index contributed by atoms with van der Waals surface area (Å²) in [4.78, 5) is 20.9. The number of aryl methyl sites for hydroxylation is 1. The summed E-state index contributed by atoms with van der Waals surface area (Å²) in [6.07, 6.45) is -5.05. The third kappa shape index (κ3) is 4.78. The first-order valence-electron chi connectivity index (χ1n) is 7.22. The molecule has 0 radical (unpaired) electrons. The van der Waals surface area contributed by atoms with Crippen molar-refractivity contribution in [3.05, 3.63) is 39.0 Å². The number of benzene rings is 1. The number of carboxylic acids is 1. The number of aliphatic carboxylic acids is 1. The van der Waals surface area contributed by atoms with Crippen LogP contribution < -0.4 is 10.1 Å². The molecule has 27 heavy (non-hydrogen) atoms. The van der Waals surface area contributed by atoms with Gasteiger partial charge in [-0.3, -0.25) is 19.6 Å². The van der Waals surface area contributed by atoms with E-state index in [4.69, 9.17) is 21.4 Å². The number of ether oxygens (including phenoxy) is 1. The van der Waals surface area contributed by atoms with Crippen LogP contribution in [-0.2, 0) is 18.0 Å². The summed E-state index contributed by atoms with van der Waals surface area (Å²) in [5.41, 5.74) is -1.64. The number of alkyl halides is 3. The number of nitrogens with zero attached hydrogens (tertiary/aromatic N) is 3. The predicted molar refractivity (Wildman–Crippen MR) is 87.1 cm³/mol. The lowest BCUT2D eigenvalue weighted by atomic mass is 10.2. The van der Waals surface area contributed by atoms with E-state index in [-0.39, 0.29) is 30.1 Å². The quantitative estimate of drug-likeness (QED) is 0.529. The van der Waals surface area contributed by atoms with Gasteiger partial charge in [0.05, 0.1) is 11.3 Å². The average Bonchev–Trinajstić information content (AvgIpc) is 2.80. The van der Waals surface area contributed by atoms with Gasteiger partial charge in [0.15, 0.2) is 5.69 Å². The van der Waals surface area contributed by atoms with Gasteiger partial charge in [0.1, 0.15) is 16.5 Å². The molecule has 0 aliphatic heterocycles. The van der Waals surface area contributed by atoms with E-state index < -0.39 is 33.7 Å². The molecule has 13 heteroatoms. The number of halogens is 4. The molecule has 0 atom stereocenters. The molecule has 2 aromatic rings. The SMILES string of the molecule is Cn1nc(Oc2ccc([N+](=O)[O-])c(NCCC(=O)O)c2)c(Cl)c1C(F)(F)F. The summed E-state index contributed by atoms with van der Waals surface area (Å²) >= 11 is 5.69. The highest BCUT2D eigenvalue weighted by Crippen LogP contribution is 2.41. The van der Waals surface area contributed by atoms with Crippen LogP contribution in [0.3, 0.4) is 0 Å². The Morgan fingerprint density at radius 1 is 1.48 bits per heavy atom. The average molecular weight is 409 g/mol. The van der Waals surface area contributed by atoms with Gasteiger partial charge in [-0.1, -0.05) is 11.6 Å². The van der Waals surface area contributed by atoms with Crippen molar-refractivity contribution in [3.63, 3.8) is 0 Å². The van der Waals surface area contributed by atoms with Crippen molar-refractivity contribution in [3.8, 4) is 11.6 Å². The molecule has 0 saturated heterocycles. The van der Waals surface area contributed by atoms with Gasteiger partial charge in [0, 0.05) is 25.7 Å². The number of nitro groups is 1. The van der Waals surface area contributed by atoms with Gasteiger partial charge in [-0.25, -0.2) is 0 Å². The van der Waals surface area contributed by atoms with E-state index in [0.717, 1.165) is 25.2 Å². The molecule has 0 aliphatic rings. The number of nitrogens with one attached hydrogen (secondary N) is 1. The van der Waals surface area contributed by atoms with E-state index in [2.05, 4.69) is 10.4 Å².